The lowest BCUT2D eigenvalue weighted by molar-refractivity contribution is 0.526. The first-order valence-electron chi connectivity index (χ1n) is 5.45. The Kier molecular flexibility index (Phi) is 6.36. The minimum absolute atomic E-state index is 0.626. The van der Waals surface area contributed by atoms with Crippen molar-refractivity contribution in [1.29, 1.82) is 0 Å². The van der Waals surface area contributed by atoms with E-state index in [2.05, 4.69) is 29.1 Å². The Hall–Kier alpha value is -0.610. The molecule has 1 N–H and O–H groups in total. The van der Waals surface area contributed by atoms with Gasteiger partial charge in [0.15, 0.2) is 0 Å². The molecule has 0 aliphatic carbocycles. The number of rotatable bonds is 7. The third-order valence-corrected chi connectivity index (χ3v) is 3.07. The van der Waals surface area contributed by atoms with E-state index in [0.717, 1.165) is 17.3 Å². The van der Waals surface area contributed by atoms with Crippen LogP contribution < -0.4 is 5.32 Å². The quantitative estimate of drug-likeness (QED) is 0.439. The van der Waals surface area contributed by atoms with Crippen molar-refractivity contribution in [2.24, 2.45) is 0 Å². The Morgan fingerprint density at radius 1 is 1.53 bits per heavy atom. The zero-order valence-corrected chi connectivity index (χ0v) is 10.3. The van der Waals surface area contributed by atoms with Crippen molar-refractivity contribution in [3.8, 4) is 0 Å². The number of thioether (sulfide) groups is 1. The van der Waals surface area contributed by atoms with Crippen LogP contribution in [0.15, 0.2) is 23.6 Å². The first kappa shape index (κ1) is 12.5. The van der Waals surface area contributed by atoms with E-state index in [-0.39, 0.29) is 0 Å². The van der Waals surface area contributed by atoms with Crippen LogP contribution in [0, 0.1) is 0 Å². The Morgan fingerprint density at radius 3 is 3.07 bits per heavy atom. The Bertz CT molecular complexity index is 253. The Labute approximate surface area is 96.1 Å². The number of hydrogen-bond acceptors (Lipinski definition) is 4. The second-order valence-corrected chi connectivity index (χ2v) is 4.66. The molecule has 0 radical (unpaired) electrons. The van der Waals surface area contributed by atoms with Crippen LogP contribution in [0.5, 0.6) is 0 Å². The lowest BCUT2D eigenvalue weighted by Crippen LogP contribution is -2.27. The van der Waals surface area contributed by atoms with Crippen LogP contribution in [0.1, 0.15) is 26.7 Å². The van der Waals surface area contributed by atoms with Gasteiger partial charge in [-0.1, -0.05) is 13.3 Å². The molecule has 1 heterocycles. The highest BCUT2D eigenvalue weighted by Gasteiger charge is 1.99. The molecule has 0 amide bonds. The number of hydrogen-bond donors (Lipinski definition) is 1. The van der Waals surface area contributed by atoms with Crippen LogP contribution in [0.3, 0.4) is 0 Å². The molecule has 0 aromatic carbocycles. The van der Waals surface area contributed by atoms with Crippen molar-refractivity contribution < 1.29 is 0 Å². The molecule has 0 fully saturated rings. The minimum Gasteiger partial charge on any atom is -0.313 e. The molecular weight excluding hydrogens is 206 g/mol. The standard InChI is InChI=1S/C11H19N3S/c1-3-4-10(2)13-7-8-15-11-5-6-12-9-14-11/h5-6,9-10,13H,3-4,7-8H2,1-2H3. The number of nitrogens with zero attached hydrogens (tertiary/aromatic N) is 2. The summed E-state index contributed by atoms with van der Waals surface area (Å²) in [5.41, 5.74) is 0. The summed E-state index contributed by atoms with van der Waals surface area (Å²) in [5.74, 6) is 1.06. The Balaban J connectivity index is 2.07. The molecule has 0 saturated heterocycles. The average Bonchev–Trinajstić information content (AvgIpc) is 2.26. The highest BCUT2D eigenvalue weighted by molar-refractivity contribution is 7.99. The van der Waals surface area contributed by atoms with Gasteiger partial charge in [-0.15, -0.1) is 11.8 Å². The molecule has 0 bridgehead atoms. The van der Waals surface area contributed by atoms with E-state index in [0.29, 0.717) is 6.04 Å². The third-order valence-electron chi connectivity index (χ3n) is 2.12. The van der Waals surface area contributed by atoms with Crippen molar-refractivity contribution in [3.63, 3.8) is 0 Å². The first-order valence-corrected chi connectivity index (χ1v) is 6.43. The Morgan fingerprint density at radius 2 is 2.40 bits per heavy atom. The summed E-state index contributed by atoms with van der Waals surface area (Å²) < 4.78 is 0. The minimum atomic E-state index is 0.626. The van der Waals surface area contributed by atoms with Gasteiger partial charge in [-0.3, -0.25) is 0 Å². The molecular formula is C11H19N3S. The van der Waals surface area contributed by atoms with Crippen LogP contribution in [-0.2, 0) is 0 Å². The fourth-order valence-corrected chi connectivity index (χ4v) is 2.07. The van der Waals surface area contributed by atoms with Gasteiger partial charge in [-0.25, -0.2) is 9.97 Å². The van der Waals surface area contributed by atoms with Gasteiger partial charge in [-0.05, 0) is 19.4 Å². The molecule has 1 rings (SSSR count). The van der Waals surface area contributed by atoms with Gasteiger partial charge in [0.1, 0.15) is 6.33 Å². The smallest absolute Gasteiger partial charge is 0.116 e. The van der Waals surface area contributed by atoms with Gasteiger partial charge in [0.2, 0.25) is 0 Å². The van der Waals surface area contributed by atoms with Crippen LogP contribution in [0.25, 0.3) is 0 Å². The van der Waals surface area contributed by atoms with Crippen molar-refractivity contribution in [2.75, 3.05) is 12.3 Å². The molecule has 0 aliphatic rings. The zero-order chi connectivity index (χ0) is 10.9. The van der Waals surface area contributed by atoms with Gasteiger partial charge in [0.05, 0.1) is 5.03 Å². The van der Waals surface area contributed by atoms with Crippen molar-refractivity contribution in [2.45, 2.75) is 37.8 Å². The maximum Gasteiger partial charge on any atom is 0.116 e. The van der Waals surface area contributed by atoms with Crippen LogP contribution in [0.2, 0.25) is 0 Å². The molecule has 1 aromatic heterocycles. The van der Waals surface area contributed by atoms with E-state index >= 15 is 0 Å². The molecule has 15 heavy (non-hydrogen) atoms. The summed E-state index contributed by atoms with van der Waals surface area (Å²) in [4.78, 5) is 8.04. The summed E-state index contributed by atoms with van der Waals surface area (Å²) in [6.07, 6.45) is 5.86. The maximum absolute atomic E-state index is 4.16. The molecule has 4 heteroatoms. The predicted molar refractivity (Wildman–Crippen MR) is 65.1 cm³/mol. The second-order valence-electron chi connectivity index (χ2n) is 3.54. The molecule has 1 atom stereocenters. The normalized spacial score (nSPS) is 12.7. The summed E-state index contributed by atoms with van der Waals surface area (Å²) in [7, 11) is 0. The fraction of sp³-hybridized carbons (Fsp3) is 0.636. The number of aromatic nitrogens is 2. The largest absolute Gasteiger partial charge is 0.313 e. The van der Waals surface area contributed by atoms with E-state index in [1.54, 1.807) is 24.3 Å². The number of nitrogens with one attached hydrogen (secondary N) is 1. The van der Waals surface area contributed by atoms with Crippen molar-refractivity contribution in [1.82, 2.24) is 15.3 Å². The monoisotopic (exact) mass is 225 g/mol. The predicted octanol–water partition coefficient (Wildman–Crippen LogP) is 2.35. The van der Waals surface area contributed by atoms with E-state index in [1.807, 2.05) is 6.07 Å². The molecule has 1 unspecified atom stereocenters. The molecule has 0 spiro atoms. The zero-order valence-electron chi connectivity index (χ0n) is 9.44. The van der Waals surface area contributed by atoms with Gasteiger partial charge in [-0.2, -0.15) is 0 Å². The summed E-state index contributed by atoms with van der Waals surface area (Å²) in [6, 6.07) is 2.57. The lowest BCUT2D eigenvalue weighted by Gasteiger charge is -2.11. The summed E-state index contributed by atoms with van der Waals surface area (Å²) in [6.45, 7) is 5.49. The van der Waals surface area contributed by atoms with Gasteiger partial charge in [0, 0.05) is 24.5 Å². The SMILES string of the molecule is CCCC(C)NCCSc1ccncn1. The van der Waals surface area contributed by atoms with Gasteiger partial charge < -0.3 is 5.32 Å². The fourth-order valence-electron chi connectivity index (χ4n) is 1.36. The molecule has 0 saturated carbocycles. The summed E-state index contributed by atoms with van der Waals surface area (Å²) in [5, 5.41) is 4.54. The van der Waals surface area contributed by atoms with E-state index in [9.17, 15) is 0 Å². The first-order chi connectivity index (χ1) is 7.33. The highest BCUT2D eigenvalue weighted by atomic mass is 32.2. The van der Waals surface area contributed by atoms with Crippen LogP contribution >= 0.6 is 11.8 Å². The summed E-state index contributed by atoms with van der Waals surface area (Å²) >= 11 is 1.77. The lowest BCUT2D eigenvalue weighted by atomic mass is 10.2. The van der Waals surface area contributed by atoms with Crippen molar-refractivity contribution >= 4 is 11.8 Å². The molecule has 3 nitrogen and oxygen atoms in total. The van der Waals surface area contributed by atoms with Crippen molar-refractivity contribution in [3.05, 3.63) is 18.6 Å². The average molecular weight is 225 g/mol. The molecule has 1 aromatic rings. The van der Waals surface area contributed by atoms with Crippen LogP contribution in [0.4, 0.5) is 0 Å². The third kappa shape index (κ3) is 5.74. The molecule has 84 valence electrons. The van der Waals surface area contributed by atoms with Gasteiger partial charge in [0.25, 0.3) is 0 Å². The second kappa shape index (κ2) is 7.65. The molecule has 0 aliphatic heterocycles. The topological polar surface area (TPSA) is 37.8 Å². The van der Waals surface area contributed by atoms with E-state index in [1.165, 1.54) is 12.8 Å². The van der Waals surface area contributed by atoms with E-state index < -0.39 is 0 Å². The maximum atomic E-state index is 4.16. The van der Waals surface area contributed by atoms with E-state index in [4.69, 9.17) is 0 Å². The van der Waals surface area contributed by atoms with Crippen LogP contribution in [-0.4, -0.2) is 28.3 Å². The van der Waals surface area contributed by atoms with Gasteiger partial charge >= 0.3 is 0 Å². The highest BCUT2D eigenvalue weighted by Crippen LogP contribution is 2.11.